The van der Waals surface area contributed by atoms with Gasteiger partial charge < -0.3 is 4.42 Å². The third-order valence-corrected chi connectivity index (χ3v) is 2.45. The summed E-state index contributed by atoms with van der Waals surface area (Å²) in [6.45, 7) is 3.28. The zero-order valence-corrected chi connectivity index (χ0v) is 10.4. The van der Waals surface area contributed by atoms with Crippen molar-refractivity contribution in [2.24, 2.45) is 0 Å². The molecule has 0 bridgehead atoms. The molecule has 0 saturated heterocycles. The zero-order chi connectivity index (χ0) is 12.6. The highest BCUT2D eigenvalue weighted by atomic mass is 16.4. The molecule has 3 nitrogen and oxygen atoms in total. The maximum atomic E-state index is 5.48. The van der Waals surface area contributed by atoms with E-state index in [1.807, 2.05) is 37.3 Å². The SMILES string of the molecule is CCc1cnc(CNCC#Cc2ccccc2)o1. The predicted octanol–water partition coefficient (Wildman–Crippen LogP) is 2.38. The quantitative estimate of drug-likeness (QED) is 0.658. The fraction of sp³-hybridized carbons (Fsp3) is 0.267. The van der Waals surface area contributed by atoms with Gasteiger partial charge in [0.1, 0.15) is 5.76 Å². The van der Waals surface area contributed by atoms with Crippen LogP contribution in [-0.2, 0) is 13.0 Å². The third-order valence-electron chi connectivity index (χ3n) is 2.45. The van der Waals surface area contributed by atoms with Gasteiger partial charge in [-0.1, -0.05) is 37.0 Å². The Kier molecular flexibility index (Phi) is 4.57. The molecule has 3 heteroatoms. The number of aromatic nitrogens is 1. The molecule has 92 valence electrons. The van der Waals surface area contributed by atoms with Crippen molar-refractivity contribution in [1.82, 2.24) is 10.3 Å². The van der Waals surface area contributed by atoms with Gasteiger partial charge in [-0.15, -0.1) is 0 Å². The minimum absolute atomic E-state index is 0.615. The first kappa shape index (κ1) is 12.4. The molecule has 2 rings (SSSR count). The Labute approximate surface area is 107 Å². The number of benzene rings is 1. The second-order valence-corrected chi connectivity index (χ2v) is 3.85. The molecule has 1 N–H and O–H groups in total. The minimum atomic E-state index is 0.615. The summed E-state index contributed by atoms with van der Waals surface area (Å²) in [7, 11) is 0. The van der Waals surface area contributed by atoms with Crippen LogP contribution in [-0.4, -0.2) is 11.5 Å². The van der Waals surface area contributed by atoms with Gasteiger partial charge in [0.15, 0.2) is 0 Å². The number of oxazole rings is 1. The van der Waals surface area contributed by atoms with E-state index in [0.29, 0.717) is 19.0 Å². The van der Waals surface area contributed by atoms with E-state index in [0.717, 1.165) is 17.7 Å². The van der Waals surface area contributed by atoms with Crippen molar-refractivity contribution in [1.29, 1.82) is 0 Å². The van der Waals surface area contributed by atoms with Gasteiger partial charge in [0.2, 0.25) is 5.89 Å². The molecule has 0 atom stereocenters. The van der Waals surface area contributed by atoms with Crippen molar-refractivity contribution in [3.63, 3.8) is 0 Å². The summed E-state index contributed by atoms with van der Waals surface area (Å²) in [6.07, 6.45) is 2.65. The summed E-state index contributed by atoms with van der Waals surface area (Å²) in [5.74, 6) is 7.78. The van der Waals surface area contributed by atoms with Gasteiger partial charge in [0, 0.05) is 12.0 Å². The van der Waals surface area contributed by atoms with Crippen molar-refractivity contribution in [2.45, 2.75) is 19.9 Å². The van der Waals surface area contributed by atoms with Gasteiger partial charge in [0.05, 0.1) is 19.3 Å². The highest BCUT2D eigenvalue weighted by molar-refractivity contribution is 5.33. The fourth-order valence-electron chi connectivity index (χ4n) is 1.49. The molecule has 0 fully saturated rings. The Bertz CT molecular complexity index is 534. The van der Waals surface area contributed by atoms with E-state index >= 15 is 0 Å². The van der Waals surface area contributed by atoms with E-state index in [1.165, 1.54) is 0 Å². The van der Waals surface area contributed by atoms with Crippen molar-refractivity contribution in [3.8, 4) is 11.8 Å². The van der Waals surface area contributed by atoms with Crippen LogP contribution in [0.4, 0.5) is 0 Å². The Hall–Kier alpha value is -2.05. The molecule has 0 unspecified atom stereocenters. The maximum absolute atomic E-state index is 5.48. The molecule has 0 aliphatic carbocycles. The van der Waals surface area contributed by atoms with E-state index in [2.05, 4.69) is 22.1 Å². The molecule has 0 aliphatic rings. The van der Waals surface area contributed by atoms with Crippen LogP contribution >= 0.6 is 0 Å². The first-order valence-electron chi connectivity index (χ1n) is 6.06. The summed E-state index contributed by atoms with van der Waals surface area (Å²) in [5.41, 5.74) is 1.03. The van der Waals surface area contributed by atoms with Crippen LogP contribution in [0.1, 0.15) is 24.1 Å². The van der Waals surface area contributed by atoms with Crippen molar-refractivity contribution >= 4 is 0 Å². The molecule has 1 aromatic heterocycles. The van der Waals surface area contributed by atoms with Gasteiger partial charge in [-0.3, -0.25) is 5.32 Å². The number of rotatable bonds is 4. The molecule has 1 heterocycles. The lowest BCUT2D eigenvalue weighted by atomic mass is 10.2. The largest absolute Gasteiger partial charge is 0.444 e. The number of nitrogens with one attached hydrogen (secondary N) is 1. The summed E-state index contributed by atoms with van der Waals surface area (Å²) in [4.78, 5) is 4.17. The van der Waals surface area contributed by atoms with E-state index in [9.17, 15) is 0 Å². The third kappa shape index (κ3) is 3.76. The standard InChI is InChI=1S/C15H16N2O/c1-2-14-11-17-15(18-14)12-16-10-6-9-13-7-4-3-5-8-13/h3-5,7-8,11,16H,2,10,12H2,1H3. The van der Waals surface area contributed by atoms with Crippen LogP contribution in [0.5, 0.6) is 0 Å². The van der Waals surface area contributed by atoms with Crippen molar-refractivity contribution < 1.29 is 4.42 Å². The second kappa shape index (κ2) is 6.63. The second-order valence-electron chi connectivity index (χ2n) is 3.85. The average molecular weight is 240 g/mol. The molecular formula is C15H16N2O. The Morgan fingerprint density at radius 2 is 2.11 bits per heavy atom. The minimum Gasteiger partial charge on any atom is -0.444 e. The molecule has 0 amide bonds. The van der Waals surface area contributed by atoms with Crippen LogP contribution in [0.15, 0.2) is 40.9 Å². The lowest BCUT2D eigenvalue weighted by molar-refractivity contribution is 0.445. The van der Waals surface area contributed by atoms with Gasteiger partial charge in [-0.2, -0.15) is 0 Å². The smallest absolute Gasteiger partial charge is 0.208 e. The first-order valence-corrected chi connectivity index (χ1v) is 6.06. The summed E-state index contributed by atoms with van der Waals surface area (Å²) < 4.78 is 5.48. The molecule has 0 aliphatic heterocycles. The molecule has 1 aromatic carbocycles. The Morgan fingerprint density at radius 3 is 2.83 bits per heavy atom. The molecule has 2 aromatic rings. The van der Waals surface area contributed by atoms with Gasteiger partial charge in [-0.05, 0) is 12.1 Å². The number of hydrogen-bond acceptors (Lipinski definition) is 3. The van der Waals surface area contributed by atoms with E-state index in [-0.39, 0.29) is 0 Å². The molecular weight excluding hydrogens is 224 g/mol. The summed E-state index contributed by atoms with van der Waals surface area (Å²) >= 11 is 0. The van der Waals surface area contributed by atoms with Crippen molar-refractivity contribution in [3.05, 3.63) is 53.7 Å². The molecule has 0 saturated carbocycles. The normalized spacial score (nSPS) is 9.83. The zero-order valence-electron chi connectivity index (χ0n) is 10.4. The van der Waals surface area contributed by atoms with Gasteiger partial charge in [0.25, 0.3) is 0 Å². The van der Waals surface area contributed by atoms with E-state index < -0.39 is 0 Å². The molecule has 0 spiro atoms. The topological polar surface area (TPSA) is 38.1 Å². The van der Waals surface area contributed by atoms with Gasteiger partial charge >= 0.3 is 0 Å². The highest BCUT2D eigenvalue weighted by Gasteiger charge is 1.99. The van der Waals surface area contributed by atoms with Crippen LogP contribution < -0.4 is 5.32 Å². The average Bonchev–Trinajstić information content (AvgIpc) is 2.87. The first-order chi connectivity index (χ1) is 8.88. The summed E-state index contributed by atoms with van der Waals surface area (Å²) in [6, 6.07) is 9.94. The molecule has 0 radical (unpaired) electrons. The summed E-state index contributed by atoms with van der Waals surface area (Å²) in [5, 5.41) is 3.18. The Balaban J connectivity index is 1.75. The van der Waals surface area contributed by atoms with Crippen LogP contribution in [0, 0.1) is 11.8 Å². The lowest BCUT2D eigenvalue weighted by Crippen LogP contribution is -2.13. The Morgan fingerprint density at radius 1 is 1.28 bits per heavy atom. The lowest BCUT2D eigenvalue weighted by Gasteiger charge is -1.95. The monoisotopic (exact) mass is 240 g/mol. The fourth-order valence-corrected chi connectivity index (χ4v) is 1.49. The van der Waals surface area contributed by atoms with Crippen LogP contribution in [0.25, 0.3) is 0 Å². The number of aryl methyl sites for hydroxylation is 1. The van der Waals surface area contributed by atoms with Crippen LogP contribution in [0.3, 0.4) is 0 Å². The molecule has 18 heavy (non-hydrogen) atoms. The predicted molar refractivity (Wildman–Crippen MR) is 70.9 cm³/mol. The van der Waals surface area contributed by atoms with Crippen molar-refractivity contribution in [2.75, 3.05) is 6.54 Å². The van der Waals surface area contributed by atoms with E-state index in [4.69, 9.17) is 4.42 Å². The van der Waals surface area contributed by atoms with Gasteiger partial charge in [-0.25, -0.2) is 4.98 Å². The van der Waals surface area contributed by atoms with Crippen LogP contribution in [0.2, 0.25) is 0 Å². The number of hydrogen-bond donors (Lipinski definition) is 1. The highest BCUT2D eigenvalue weighted by Crippen LogP contribution is 2.03. The number of nitrogens with zero attached hydrogens (tertiary/aromatic N) is 1. The van der Waals surface area contributed by atoms with E-state index in [1.54, 1.807) is 6.20 Å². The maximum Gasteiger partial charge on any atom is 0.208 e.